The van der Waals surface area contributed by atoms with Gasteiger partial charge >= 0.3 is 0 Å². The predicted molar refractivity (Wildman–Crippen MR) is 81.9 cm³/mol. The number of rotatable bonds is 2. The largest absolute Gasteiger partial charge is 0.320 e. The number of nitrogens with two attached hydrogens (primary N) is 1. The second-order valence-corrected chi connectivity index (χ2v) is 7.46. The average molecular weight is 307 g/mol. The Morgan fingerprint density at radius 2 is 2.14 bits per heavy atom. The SMILES string of the molecule is CC1CCN(S(=O)(=O)c2cncc(C#CCN)c2)CC1C. The van der Waals surface area contributed by atoms with E-state index in [4.69, 9.17) is 5.73 Å². The minimum atomic E-state index is -3.49. The summed E-state index contributed by atoms with van der Waals surface area (Å²) < 4.78 is 26.9. The van der Waals surface area contributed by atoms with Crippen LogP contribution in [0, 0.1) is 23.7 Å². The van der Waals surface area contributed by atoms with Crippen LogP contribution in [0.15, 0.2) is 23.4 Å². The molecule has 0 radical (unpaired) electrons. The lowest BCUT2D eigenvalue weighted by atomic mass is 9.90. The van der Waals surface area contributed by atoms with Gasteiger partial charge in [0, 0.05) is 31.0 Å². The molecule has 1 aliphatic rings. The monoisotopic (exact) mass is 307 g/mol. The lowest BCUT2D eigenvalue weighted by Crippen LogP contribution is -2.42. The van der Waals surface area contributed by atoms with Gasteiger partial charge in [-0.3, -0.25) is 4.98 Å². The lowest BCUT2D eigenvalue weighted by Gasteiger charge is -2.34. The van der Waals surface area contributed by atoms with Crippen molar-refractivity contribution in [2.24, 2.45) is 17.6 Å². The van der Waals surface area contributed by atoms with Gasteiger partial charge in [-0.25, -0.2) is 8.42 Å². The van der Waals surface area contributed by atoms with E-state index in [9.17, 15) is 8.42 Å². The van der Waals surface area contributed by atoms with Gasteiger partial charge in [0.05, 0.1) is 6.54 Å². The fourth-order valence-electron chi connectivity index (χ4n) is 2.37. The summed E-state index contributed by atoms with van der Waals surface area (Å²) in [6, 6.07) is 1.56. The highest BCUT2D eigenvalue weighted by molar-refractivity contribution is 7.89. The van der Waals surface area contributed by atoms with Crippen molar-refractivity contribution in [3.63, 3.8) is 0 Å². The van der Waals surface area contributed by atoms with Crippen LogP contribution in [0.25, 0.3) is 0 Å². The molecule has 114 valence electrons. The summed E-state index contributed by atoms with van der Waals surface area (Å²) in [6.07, 6.45) is 3.81. The van der Waals surface area contributed by atoms with E-state index in [-0.39, 0.29) is 11.4 Å². The summed E-state index contributed by atoms with van der Waals surface area (Å²) in [6.45, 7) is 5.61. The van der Waals surface area contributed by atoms with Crippen molar-refractivity contribution >= 4 is 10.0 Å². The zero-order valence-electron chi connectivity index (χ0n) is 12.4. The van der Waals surface area contributed by atoms with Crippen LogP contribution in [0.4, 0.5) is 0 Å². The molecule has 0 bridgehead atoms. The molecule has 1 aromatic rings. The summed E-state index contributed by atoms with van der Waals surface area (Å²) in [5.74, 6) is 6.43. The van der Waals surface area contributed by atoms with Crippen LogP contribution in [0.2, 0.25) is 0 Å². The number of hydrogen-bond donors (Lipinski definition) is 1. The zero-order chi connectivity index (χ0) is 15.5. The van der Waals surface area contributed by atoms with Gasteiger partial charge in [0.25, 0.3) is 0 Å². The van der Waals surface area contributed by atoms with E-state index >= 15 is 0 Å². The Labute approximate surface area is 126 Å². The van der Waals surface area contributed by atoms with Crippen LogP contribution in [0.1, 0.15) is 25.8 Å². The first-order valence-electron chi connectivity index (χ1n) is 7.09. The van der Waals surface area contributed by atoms with Gasteiger partial charge in [0.15, 0.2) is 0 Å². The number of hydrogen-bond acceptors (Lipinski definition) is 4. The maximum Gasteiger partial charge on any atom is 0.244 e. The van der Waals surface area contributed by atoms with Gasteiger partial charge in [-0.15, -0.1) is 0 Å². The Hall–Kier alpha value is -1.42. The Morgan fingerprint density at radius 3 is 2.81 bits per heavy atom. The summed E-state index contributed by atoms with van der Waals surface area (Å²) in [7, 11) is -3.49. The van der Waals surface area contributed by atoms with Gasteiger partial charge in [0.2, 0.25) is 10.0 Å². The van der Waals surface area contributed by atoms with Crippen LogP contribution in [-0.4, -0.2) is 37.3 Å². The Kier molecular flexibility index (Phi) is 4.99. The molecule has 1 aromatic heterocycles. The molecule has 6 heteroatoms. The van der Waals surface area contributed by atoms with E-state index in [0.717, 1.165) is 6.42 Å². The Balaban J connectivity index is 2.27. The molecule has 21 heavy (non-hydrogen) atoms. The maximum absolute atomic E-state index is 12.7. The number of piperidine rings is 1. The van der Waals surface area contributed by atoms with Gasteiger partial charge in [-0.2, -0.15) is 4.31 Å². The molecule has 0 saturated carbocycles. The minimum absolute atomic E-state index is 0.202. The second-order valence-electron chi connectivity index (χ2n) is 5.52. The number of pyridine rings is 1. The third kappa shape index (κ3) is 3.62. The van der Waals surface area contributed by atoms with Crippen LogP contribution in [-0.2, 0) is 10.0 Å². The number of aromatic nitrogens is 1. The number of nitrogens with zero attached hydrogens (tertiary/aromatic N) is 2. The average Bonchev–Trinajstić information content (AvgIpc) is 2.48. The maximum atomic E-state index is 12.7. The standard InChI is InChI=1S/C15H21N3O2S/c1-12-5-7-18(11-13(12)2)21(19,20)15-8-14(4-3-6-16)9-17-10-15/h8-10,12-13H,5-7,11,16H2,1-2H3. The molecular weight excluding hydrogens is 286 g/mol. The second kappa shape index (κ2) is 6.56. The first-order valence-corrected chi connectivity index (χ1v) is 8.53. The van der Waals surface area contributed by atoms with Crippen LogP contribution in [0.3, 0.4) is 0 Å². The molecule has 1 saturated heterocycles. The van der Waals surface area contributed by atoms with E-state index in [1.165, 1.54) is 6.20 Å². The summed E-state index contributed by atoms with van der Waals surface area (Å²) in [4.78, 5) is 4.19. The number of sulfonamides is 1. The minimum Gasteiger partial charge on any atom is -0.320 e. The molecule has 2 unspecified atom stereocenters. The van der Waals surface area contributed by atoms with Crippen molar-refractivity contribution < 1.29 is 8.42 Å². The summed E-state index contributed by atoms with van der Waals surface area (Å²) in [5.41, 5.74) is 5.89. The third-order valence-corrected chi connectivity index (χ3v) is 5.81. The summed E-state index contributed by atoms with van der Waals surface area (Å²) >= 11 is 0. The van der Waals surface area contributed by atoms with Gasteiger partial charge in [0.1, 0.15) is 4.90 Å². The molecule has 0 aliphatic carbocycles. The molecule has 1 aliphatic heterocycles. The van der Waals surface area contributed by atoms with Crippen molar-refractivity contribution in [2.45, 2.75) is 25.2 Å². The van der Waals surface area contributed by atoms with E-state index in [2.05, 4.69) is 30.7 Å². The van der Waals surface area contributed by atoms with E-state index < -0.39 is 10.0 Å². The quantitative estimate of drug-likeness (QED) is 0.829. The van der Waals surface area contributed by atoms with Crippen LogP contribution >= 0.6 is 0 Å². The van der Waals surface area contributed by atoms with E-state index in [0.29, 0.717) is 30.5 Å². The fraction of sp³-hybridized carbons (Fsp3) is 0.533. The van der Waals surface area contributed by atoms with Crippen LogP contribution < -0.4 is 5.73 Å². The molecular formula is C15H21N3O2S. The van der Waals surface area contributed by atoms with Crippen molar-refractivity contribution in [3.8, 4) is 11.8 Å². The van der Waals surface area contributed by atoms with E-state index in [1.54, 1.807) is 16.6 Å². The first-order chi connectivity index (χ1) is 9.95. The fourth-order valence-corrected chi connectivity index (χ4v) is 3.92. The highest BCUT2D eigenvalue weighted by Crippen LogP contribution is 2.27. The Bertz CT molecular complexity index is 661. The molecule has 2 atom stereocenters. The molecule has 2 rings (SSSR count). The van der Waals surface area contributed by atoms with Gasteiger partial charge < -0.3 is 5.73 Å². The van der Waals surface area contributed by atoms with Gasteiger partial charge in [-0.1, -0.05) is 25.7 Å². The van der Waals surface area contributed by atoms with Crippen molar-refractivity contribution in [3.05, 3.63) is 24.0 Å². The van der Waals surface area contributed by atoms with Crippen molar-refractivity contribution in [1.29, 1.82) is 0 Å². The first kappa shape index (κ1) is 16.0. The molecule has 0 amide bonds. The highest BCUT2D eigenvalue weighted by atomic mass is 32.2. The lowest BCUT2D eigenvalue weighted by molar-refractivity contribution is 0.212. The third-order valence-electron chi connectivity index (χ3n) is 3.98. The van der Waals surface area contributed by atoms with E-state index in [1.807, 2.05) is 0 Å². The normalized spacial score (nSPS) is 23.4. The van der Waals surface area contributed by atoms with Crippen molar-refractivity contribution in [2.75, 3.05) is 19.6 Å². The Morgan fingerprint density at radius 1 is 1.38 bits per heavy atom. The van der Waals surface area contributed by atoms with Crippen molar-refractivity contribution in [1.82, 2.24) is 9.29 Å². The topological polar surface area (TPSA) is 76.3 Å². The predicted octanol–water partition coefficient (Wildman–Crippen LogP) is 1.06. The molecule has 2 N–H and O–H groups in total. The van der Waals surface area contributed by atoms with Crippen LogP contribution in [0.5, 0.6) is 0 Å². The molecule has 0 spiro atoms. The van der Waals surface area contributed by atoms with Gasteiger partial charge in [-0.05, 0) is 24.3 Å². The highest BCUT2D eigenvalue weighted by Gasteiger charge is 2.31. The molecule has 2 heterocycles. The molecule has 1 fully saturated rings. The molecule has 0 aromatic carbocycles. The zero-order valence-corrected chi connectivity index (χ0v) is 13.2. The smallest absolute Gasteiger partial charge is 0.244 e. The molecule has 5 nitrogen and oxygen atoms in total. The summed E-state index contributed by atoms with van der Waals surface area (Å²) in [5, 5.41) is 0.